The SMILES string of the molecule is CC(C)(C)[Si](C)(C)O[C@@H]1O[C@H](COC(=O)OCC2c3ccccc3-c3ccccc32)[C@@H](OCc2ccccc2)[C@H](O)[C@H]1O[C@H](CSc1ccccc1)c1ccccc1. The molecule has 10 heteroatoms. The van der Waals surface area contributed by atoms with Gasteiger partial charge in [0.25, 0.3) is 0 Å². The molecule has 1 aliphatic carbocycles. The zero-order chi connectivity index (χ0) is 40.7. The second-order valence-electron chi connectivity index (χ2n) is 16.4. The number of carbonyl (C=O) groups excluding carboxylic acids is 1. The van der Waals surface area contributed by atoms with Gasteiger partial charge in [0.1, 0.15) is 37.6 Å². The number of rotatable bonds is 15. The first-order valence-corrected chi connectivity index (χ1v) is 23.9. The van der Waals surface area contributed by atoms with Crippen LogP contribution in [0.25, 0.3) is 11.1 Å². The van der Waals surface area contributed by atoms with Crippen LogP contribution < -0.4 is 0 Å². The third kappa shape index (κ3) is 9.94. The van der Waals surface area contributed by atoms with Crippen molar-refractivity contribution in [3.8, 4) is 11.1 Å². The number of hydrogen-bond donors (Lipinski definition) is 1. The lowest BCUT2D eigenvalue weighted by atomic mass is 9.98. The van der Waals surface area contributed by atoms with Crippen molar-refractivity contribution < 1.29 is 38.0 Å². The van der Waals surface area contributed by atoms with Gasteiger partial charge in [-0.1, -0.05) is 148 Å². The number of benzene rings is 5. The van der Waals surface area contributed by atoms with E-state index in [1.807, 2.05) is 103 Å². The minimum atomic E-state index is -2.51. The predicted molar refractivity (Wildman–Crippen MR) is 230 cm³/mol. The Balaban J connectivity index is 1.13. The fourth-order valence-corrected chi connectivity index (χ4v) is 9.34. The summed E-state index contributed by atoms with van der Waals surface area (Å²) in [5, 5.41) is 12.3. The summed E-state index contributed by atoms with van der Waals surface area (Å²) in [6.45, 7) is 10.8. The third-order valence-corrected chi connectivity index (χ3v) is 17.0. The van der Waals surface area contributed by atoms with Crippen molar-refractivity contribution in [2.45, 2.75) is 93.1 Å². The van der Waals surface area contributed by atoms with Crippen LogP contribution >= 0.6 is 11.8 Å². The lowest BCUT2D eigenvalue weighted by Crippen LogP contribution is -2.63. The Morgan fingerprint density at radius 1 is 0.741 bits per heavy atom. The summed E-state index contributed by atoms with van der Waals surface area (Å²) in [4.78, 5) is 14.5. The Labute approximate surface area is 347 Å². The molecule has 1 saturated heterocycles. The molecule has 0 amide bonds. The third-order valence-electron chi connectivity index (χ3n) is 11.5. The standard InChI is InChI=1S/C48H54O8SSi/c1-48(2,3)58(4,5)56-46-45(54-42(34-21-11-7-12-22-34)32-57-35-23-13-8-14-24-35)43(49)44(51-29-33-19-9-6-10-20-33)41(55-46)31-53-47(50)52-30-40-38-27-17-15-25-36(38)37-26-16-18-28-39(37)40/h6-28,40-46,49H,29-32H2,1-5H3/t41-,42-,43+,44-,45-,46+/m1/s1. The van der Waals surface area contributed by atoms with Crippen LogP contribution in [0.2, 0.25) is 18.1 Å². The molecule has 304 valence electrons. The maximum atomic E-state index is 13.4. The van der Waals surface area contributed by atoms with E-state index in [0.717, 1.165) is 38.3 Å². The van der Waals surface area contributed by atoms with Crippen molar-refractivity contribution in [1.82, 2.24) is 0 Å². The molecule has 0 saturated carbocycles. The van der Waals surface area contributed by atoms with E-state index >= 15 is 0 Å². The van der Waals surface area contributed by atoms with Crippen molar-refractivity contribution in [3.05, 3.63) is 162 Å². The van der Waals surface area contributed by atoms with Crippen molar-refractivity contribution in [2.24, 2.45) is 0 Å². The molecule has 5 aromatic carbocycles. The zero-order valence-corrected chi connectivity index (χ0v) is 35.7. The predicted octanol–water partition coefficient (Wildman–Crippen LogP) is 10.6. The van der Waals surface area contributed by atoms with Crippen molar-refractivity contribution in [1.29, 1.82) is 0 Å². The van der Waals surface area contributed by atoms with Crippen LogP contribution in [0.1, 0.15) is 55.0 Å². The van der Waals surface area contributed by atoms with E-state index in [1.165, 1.54) is 0 Å². The molecule has 2 aliphatic rings. The molecule has 58 heavy (non-hydrogen) atoms. The van der Waals surface area contributed by atoms with Gasteiger partial charge in [0, 0.05) is 16.6 Å². The van der Waals surface area contributed by atoms with Gasteiger partial charge in [-0.25, -0.2) is 4.79 Å². The quantitative estimate of drug-likeness (QED) is 0.0630. The minimum Gasteiger partial charge on any atom is -0.433 e. The number of aliphatic hydroxyl groups excluding tert-OH is 1. The smallest absolute Gasteiger partial charge is 0.433 e. The van der Waals surface area contributed by atoms with Crippen LogP contribution in [0, 0.1) is 0 Å². The molecule has 6 atom stereocenters. The number of carbonyl (C=O) groups is 1. The second-order valence-corrected chi connectivity index (χ2v) is 22.2. The number of fused-ring (bicyclic) bond motifs is 3. The van der Waals surface area contributed by atoms with Crippen molar-refractivity contribution in [3.63, 3.8) is 0 Å². The fourth-order valence-electron chi connectivity index (χ4n) is 7.25. The summed E-state index contributed by atoms with van der Waals surface area (Å²) in [6.07, 6.45) is -6.24. The summed E-state index contributed by atoms with van der Waals surface area (Å²) in [5.74, 6) is 0.459. The van der Waals surface area contributed by atoms with Gasteiger partial charge in [-0.2, -0.15) is 0 Å². The first-order valence-electron chi connectivity index (χ1n) is 20.0. The van der Waals surface area contributed by atoms with Gasteiger partial charge in [-0.15, -0.1) is 11.8 Å². The first-order chi connectivity index (χ1) is 28.0. The van der Waals surface area contributed by atoms with Gasteiger partial charge >= 0.3 is 6.16 Å². The first kappa shape index (κ1) is 41.9. The average molecular weight is 819 g/mol. The molecule has 0 bridgehead atoms. The van der Waals surface area contributed by atoms with Crippen LogP contribution in [-0.4, -0.2) is 69.3 Å². The van der Waals surface area contributed by atoms with Crippen LogP contribution in [0.3, 0.4) is 0 Å². The Hall–Kier alpha value is -4.26. The maximum absolute atomic E-state index is 13.4. The van der Waals surface area contributed by atoms with Gasteiger partial charge in [-0.05, 0) is 63.6 Å². The summed E-state index contributed by atoms with van der Waals surface area (Å²) in [5.41, 5.74) is 6.38. The molecule has 1 aliphatic heterocycles. The monoisotopic (exact) mass is 818 g/mol. The molecule has 0 radical (unpaired) electrons. The highest BCUT2D eigenvalue weighted by atomic mass is 32.2. The number of ether oxygens (including phenoxy) is 5. The van der Waals surface area contributed by atoms with Crippen LogP contribution in [0.5, 0.6) is 0 Å². The topological polar surface area (TPSA) is 92.7 Å². The van der Waals surface area contributed by atoms with E-state index in [4.69, 9.17) is 28.1 Å². The Morgan fingerprint density at radius 3 is 1.91 bits per heavy atom. The summed E-state index contributed by atoms with van der Waals surface area (Å²) >= 11 is 1.68. The molecular formula is C48H54O8SSi. The number of aliphatic hydroxyl groups is 1. The van der Waals surface area contributed by atoms with E-state index in [-0.39, 0.29) is 30.8 Å². The lowest BCUT2D eigenvalue weighted by molar-refractivity contribution is -0.306. The molecule has 0 spiro atoms. The Kier molecular flexibility index (Phi) is 13.5. The molecule has 1 fully saturated rings. The van der Waals surface area contributed by atoms with E-state index in [1.54, 1.807) is 11.8 Å². The summed E-state index contributed by atoms with van der Waals surface area (Å²) in [7, 11) is -2.51. The number of hydrogen-bond acceptors (Lipinski definition) is 9. The highest BCUT2D eigenvalue weighted by molar-refractivity contribution is 7.99. The summed E-state index contributed by atoms with van der Waals surface area (Å²) in [6, 6.07) is 46.3. The zero-order valence-electron chi connectivity index (χ0n) is 33.9. The van der Waals surface area contributed by atoms with Crippen molar-refractivity contribution in [2.75, 3.05) is 19.0 Å². The molecule has 1 heterocycles. The molecular weight excluding hydrogens is 765 g/mol. The molecule has 5 aromatic rings. The molecule has 0 aromatic heterocycles. The Morgan fingerprint density at radius 2 is 1.29 bits per heavy atom. The van der Waals surface area contributed by atoms with Gasteiger partial charge in [-0.3, -0.25) is 0 Å². The molecule has 0 unspecified atom stereocenters. The van der Waals surface area contributed by atoms with E-state index < -0.39 is 51.3 Å². The van der Waals surface area contributed by atoms with Crippen LogP contribution in [0.15, 0.2) is 144 Å². The van der Waals surface area contributed by atoms with E-state index in [2.05, 4.69) is 70.3 Å². The second kappa shape index (κ2) is 18.8. The maximum Gasteiger partial charge on any atom is 0.508 e. The van der Waals surface area contributed by atoms with Gasteiger partial charge in [0.2, 0.25) is 0 Å². The van der Waals surface area contributed by atoms with E-state index in [9.17, 15) is 9.90 Å². The van der Waals surface area contributed by atoms with Crippen LogP contribution in [0.4, 0.5) is 4.79 Å². The normalized spacial score (nSPS) is 21.2. The minimum absolute atomic E-state index is 0.115. The highest BCUT2D eigenvalue weighted by Crippen LogP contribution is 2.45. The van der Waals surface area contributed by atoms with Gasteiger partial charge in [0.05, 0.1) is 12.7 Å². The molecule has 1 N–H and O–H groups in total. The average Bonchev–Trinajstić information content (AvgIpc) is 3.55. The highest BCUT2D eigenvalue weighted by Gasteiger charge is 2.52. The van der Waals surface area contributed by atoms with Crippen LogP contribution in [-0.2, 0) is 34.7 Å². The van der Waals surface area contributed by atoms with Gasteiger partial charge in [0.15, 0.2) is 14.6 Å². The molecule has 8 nitrogen and oxygen atoms in total. The fraction of sp³-hybridized carbons (Fsp3) is 0.354. The molecule has 7 rings (SSSR count). The lowest BCUT2D eigenvalue weighted by Gasteiger charge is -2.48. The van der Waals surface area contributed by atoms with E-state index in [0.29, 0.717) is 5.75 Å². The van der Waals surface area contributed by atoms with Gasteiger partial charge < -0.3 is 33.2 Å². The summed E-state index contributed by atoms with van der Waals surface area (Å²) < 4.78 is 38.8. The Bertz CT molecular complexity index is 2030. The van der Waals surface area contributed by atoms with Crippen molar-refractivity contribution >= 4 is 26.2 Å². The largest absolute Gasteiger partial charge is 0.508 e. The number of thioether (sulfide) groups is 1.